The number of hydrogen-bond donors (Lipinski definition) is 4. The lowest BCUT2D eigenvalue weighted by molar-refractivity contribution is 0.373. The van der Waals surface area contributed by atoms with Gasteiger partial charge in [0.2, 0.25) is 11.8 Å². The van der Waals surface area contributed by atoms with Crippen LogP contribution in [0.3, 0.4) is 0 Å². The molecule has 2 aromatic carbocycles. The highest BCUT2D eigenvalue weighted by Crippen LogP contribution is 2.45. The Morgan fingerprint density at radius 2 is 1.81 bits per heavy atom. The van der Waals surface area contributed by atoms with Gasteiger partial charge in [-0.25, -0.2) is 4.79 Å². The van der Waals surface area contributed by atoms with Crippen molar-refractivity contribution in [3.8, 4) is 23.2 Å². The lowest BCUT2D eigenvalue weighted by Crippen LogP contribution is -2.33. The standard InChI is InChI=1S/C23H17N5O3/c1-11-7-8-15-13(9-11)17(19(26-15)12-5-3-2-4-6-12)16-14(10-24)20(25)31-22-18(16)21(29)27-23(30)28-22/h2-9,16,26H,25H2,1H3,(H2,27,28,29,30). The van der Waals surface area contributed by atoms with Gasteiger partial charge in [-0.15, -0.1) is 0 Å². The summed E-state index contributed by atoms with van der Waals surface area (Å²) in [6.07, 6.45) is 0. The summed E-state index contributed by atoms with van der Waals surface area (Å²) < 4.78 is 5.46. The zero-order chi connectivity index (χ0) is 21.7. The summed E-state index contributed by atoms with van der Waals surface area (Å²) in [7, 11) is 0. The minimum absolute atomic E-state index is 0.0590. The van der Waals surface area contributed by atoms with Crippen LogP contribution in [0.2, 0.25) is 0 Å². The third kappa shape index (κ3) is 2.83. The molecule has 0 bridgehead atoms. The Bertz CT molecular complexity index is 1530. The summed E-state index contributed by atoms with van der Waals surface area (Å²) in [6, 6.07) is 17.6. The molecule has 0 saturated heterocycles. The van der Waals surface area contributed by atoms with Gasteiger partial charge in [-0.1, -0.05) is 42.0 Å². The maximum absolute atomic E-state index is 12.9. The van der Waals surface area contributed by atoms with Crippen LogP contribution in [0.4, 0.5) is 0 Å². The topological polar surface area (TPSA) is 141 Å². The normalized spacial score (nSPS) is 15.4. The molecule has 0 fully saturated rings. The van der Waals surface area contributed by atoms with Gasteiger partial charge < -0.3 is 15.5 Å². The number of nitriles is 1. The highest BCUT2D eigenvalue weighted by Gasteiger charge is 2.37. The van der Waals surface area contributed by atoms with Gasteiger partial charge in [0, 0.05) is 10.9 Å². The van der Waals surface area contributed by atoms with Crippen molar-refractivity contribution in [2.45, 2.75) is 12.8 Å². The molecule has 5 rings (SSSR count). The lowest BCUT2D eigenvalue weighted by atomic mass is 9.82. The maximum Gasteiger partial charge on any atom is 0.328 e. The number of nitrogens with zero attached hydrogens (tertiary/aromatic N) is 1. The molecule has 1 aliphatic rings. The molecule has 8 heteroatoms. The molecule has 5 N–H and O–H groups in total. The number of aromatic amines is 3. The molecule has 1 atom stereocenters. The van der Waals surface area contributed by atoms with Gasteiger partial charge in [-0.3, -0.25) is 14.8 Å². The second-order valence-corrected chi connectivity index (χ2v) is 7.40. The molecule has 1 unspecified atom stereocenters. The molecular formula is C23H17N5O3. The average Bonchev–Trinajstić information content (AvgIpc) is 3.11. The third-order valence-corrected chi connectivity index (χ3v) is 5.46. The predicted molar refractivity (Wildman–Crippen MR) is 115 cm³/mol. The van der Waals surface area contributed by atoms with Gasteiger partial charge in [0.1, 0.15) is 11.6 Å². The number of nitrogens with two attached hydrogens (primary N) is 1. The van der Waals surface area contributed by atoms with E-state index in [9.17, 15) is 14.9 Å². The largest absolute Gasteiger partial charge is 0.424 e. The van der Waals surface area contributed by atoms with Crippen LogP contribution >= 0.6 is 0 Å². The Hall–Kier alpha value is -4.51. The number of benzene rings is 2. The van der Waals surface area contributed by atoms with Crippen molar-refractivity contribution in [2.75, 3.05) is 0 Å². The number of allylic oxidation sites excluding steroid dienone is 1. The van der Waals surface area contributed by atoms with E-state index in [0.29, 0.717) is 5.56 Å². The molecule has 0 radical (unpaired) electrons. The van der Waals surface area contributed by atoms with Gasteiger partial charge >= 0.3 is 5.69 Å². The SMILES string of the molecule is Cc1ccc2[nH]c(-c3ccccc3)c(C3C(C#N)=C(N)Oc4[nH]c(=O)[nH]c(=O)c43)c2c1. The predicted octanol–water partition coefficient (Wildman–Crippen LogP) is 2.74. The minimum atomic E-state index is -0.833. The molecule has 0 amide bonds. The van der Waals surface area contributed by atoms with Crippen LogP contribution in [-0.4, -0.2) is 15.0 Å². The fraction of sp³-hybridized carbons (Fsp3) is 0.0870. The lowest BCUT2D eigenvalue weighted by Gasteiger charge is -2.25. The van der Waals surface area contributed by atoms with Gasteiger partial charge in [0.25, 0.3) is 5.56 Å². The van der Waals surface area contributed by atoms with E-state index in [1.165, 1.54) is 0 Å². The van der Waals surface area contributed by atoms with Gasteiger partial charge in [-0.2, -0.15) is 5.26 Å². The summed E-state index contributed by atoms with van der Waals surface area (Å²) >= 11 is 0. The Morgan fingerprint density at radius 3 is 2.55 bits per heavy atom. The van der Waals surface area contributed by atoms with Crippen molar-refractivity contribution in [1.29, 1.82) is 5.26 Å². The molecule has 31 heavy (non-hydrogen) atoms. The number of ether oxygens (including phenoxy) is 1. The zero-order valence-electron chi connectivity index (χ0n) is 16.4. The number of rotatable bonds is 2. The fourth-order valence-corrected chi connectivity index (χ4v) is 4.14. The quantitative estimate of drug-likeness (QED) is 0.401. The first-order chi connectivity index (χ1) is 15.0. The van der Waals surface area contributed by atoms with E-state index < -0.39 is 17.2 Å². The van der Waals surface area contributed by atoms with Crippen LogP contribution < -0.4 is 21.7 Å². The van der Waals surface area contributed by atoms with E-state index in [4.69, 9.17) is 10.5 Å². The second kappa shape index (κ2) is 6.78. The van der Waals surface area contributed by atoms with Crippen molar-refractivity contribution < 1.29 is 4.74 Å². The Kier molecular flexibility index (Phi) is 4.05. The molecule has 0 spiro atoms. The van der Waals surface area contributed by atoms with Crippen LogP contribution in [0.25, 0.3) is 22.2 Å². The van der Waals surface area contributed by atoms with Crippen LogP contribution in [-0.2, 0) is 0 Å². The van der Waals surface area contributed by atoms with Crippen molar-refractivity contribution in [3.05, 3.63) is 97.5 Å². The van der Waals surface area contributed by atoms with Gasteiger partial charge in [-0.05, 0) is 30.2 Å². The fourth-order valence-electron chi connectivity index (χ4n) is 4.14. The Labute approximate surface area is 175 Å². The summed E-state index contributed by atoms with van der Waals surface area (Å²) in [5.41, 5.74) is 9.16. The zero-order valence-corrected chi connectivity index (χ0v) is 16.4. The molecule has 2 aromatic heterocycles. The molecular weight excluding hydrogens is 394 g/mol. The second-order valence-electron chi connectivity index (χ2n) is 7.40. The monoisotopic (exact) mass is 411 g/mol. The summed E-state index contributed by atoms with van der Waals surface area (Å²) in [5.74, 6) is -1.04. The smallest absolute Gasteiger partial charge is 0.328 e. The molecule has 3 heterocycles. The van der Waals surface area contributed by atoms with E-state index in [-0.39, 0.29) is 22.9 Å². The van der Waals surface area contributed by atoms with E-state index >= 15 is 0 Å². The van der Waals surface area contributed by atoms with Crippen LogP contribution in [0, 0.1) is 18.3 Å². The molecule has 152 valence electrons. The number of nitrogens with one attached hydrogen (secondary N) is 3. The number of fused-ring (bicyclic) bond motifs is 2. The molecule has 4 aromatic rings. The highest BCUT2D eigenvalue weighted by molar-refractivity contribution is 5.93. The molecule has 8 nitrogen and oxygen atoms in total. The Balaban J connectivity index is 1.94. The van der Waals surface area contributed by atoms with Crippen LogP contribution in [0.15, 0.2) is 69.6 Å². The third-order valence-electron chi connectivity index (χ3n) is 5.46. The highest BCUT2D eigenvalue weighted by atomic mass is 16.5. The molecule has 0 saturated carbocycles. The number of H-pyrrole nitrogens is 3. The average molecular weight is 411 g/mol. The van der Waals surface area contributed by atoms with E-state index in [1.807, 2.05) is 55.5 Å². The van der Waals surface area contributed by atoms with Gasteiger partial charge in [0.15, 0.2) is 0 Å². The van der Waals surface area contributed by atoms with Crippen molar-refractivity contribution in [1.82, 2.24) is 15.0 Å². The summed E-state index contributed by atoms with van der Waals surface area (Å²) in [4.78, 5) is 32.9. The van der Waals surface area contributed by atoms with Crippen molar-refractivity contribution in [3.63, 3.8) is 0 Å². The number of hydrogen-bond acceptors (Lipinski definition) is 5. The Morgan fingerprint density at radius 1 is 1.03 bits per heavy atom. The molecule has 1 aliphatic heterocycles. The summed E-state index contributed by atoms with van der Waals surface area (Å²) in [6.45, 7) is 1.97. The van der Waals surface area contributed by atoms with E-state index in [2.05, 4.69) is 21.0 Å². The van der Waals surface area contributed by atoms with Crippen LogP contribution in [0.5, 0.6) is 5.88 Å². The van der Waals surface area contributed by atoms with Gasteiger partial charge in [0.05, 0.1) is 17.2 Å². The van der Waals surface area contributed by atoms with Crippen molar-refractivity contribution >= 4 is 10.9 Å². The van der Waals surface area contributed by atoms with E-state index in [0.717, 1.165) is 27.7 Å². The van der Waals surface area contributed by atoms with Crippen molar-refractivity contribution in [2.24, 2.45) is 5.73 Å². The van der Waals surface area contributed by atoms with Crippen LogP contribution in [0.1, 0.15) is 22.6 Å². The van der Waals surface area contributed by atoms with E-state index in [1.54, 1.807) is 0 Å². The maximum atomic E-state index is 12.9. The first-order valence-corrected chi connectivity index (χ1v) is 9.59. The first-order valence-electron chi connectivity index (χ1n) is 9.59. The molecule has 0 aliphatic carbocycles. The summed E-state index contributed by atoms with van der Waals surface area (Å²) in [5, 5.41) is 10.8. The number of aryl methyl sites for hydroxylation is 1. The minimum Gasteiger partial charge on any atom is -0.424 e. The number of aromatic nitrogens is 3. The first kappa shape index (κ1) is 18.5.